The summed E-state index contributed by atoms with van der Waals surface area (Å²) >= 11 is 0. The largest absolute Gasteiger partial charge is 0.483 e. The van der Waals surface area contributed by atoms with Gasteiger partial charge in [0.2, 0.25) is 0 Å². The van der Waals surface area contributed by atoms with E-state index < -0.39 is 27.0 Å². The normalized spacial score (nSPS) is 20.8. The number of aromatic nitrogens is 1. The van der Waals surface area contributed by atoms with Crippen LogP contribution in [-0.4, -0.2) is 36.6 Å². The van der Waals surface area contributed by atoms with Gasteiger partial charge < -0.3 is 9.84 Å². The first-order valence-electron chi connectivity index (χ1n) is 11.9. The Kier molecular flexibility index (Phi) is 6.17. The second-order valence-corrected chi connectivity index (χ2v) is 12.2. The van der Waals surface area contributed by atoms with E-state index in [9.17, 15) is 13.2 Å². The average Bonchev–Trinajstić information content (AvgIpc) is 2.99. The Hall–Kier alpha value is -2.61. The smallest absolute Gasteiger partial charge is 0.303 e. The molecule has 0 spiro atoms. The molecule has 3 heterocycles. The van der Waals surface area contributed by atoms with Crippen LogP contribution in [0.5, 0.6) is 0 Å². The third-order valence-corrected chi connectivity index (χ3v) is 9.35. The van der Waals surface area contributed by atoms with E-state index in [2.05, 4.69) is 0 Å². The SMILES string of the molecule is CC1=C2C(=CC=C(S(=O)(=O)N3CCCc4ccc(CCCCC(=O)O)nc43)C2(C)C)OC1(C)C. The predicted molar refractivity (Wildman–Crippen MR) is 132 cm³/mol. The van der Waals surface area contributed by atoms with Crippen molar-refractivity contribution in [2.75, 3.05) is 10.8 Å². The molecule has 4 rings (SSSR count). The second-order valence-electron chi connectivity index (χ2n) is 10.4. The van der Waals surface area contributed by atoms with Crippen LogP contribution < -0.4 is 4.31 Å². The fraction of sp³-hybridized carbons (Fsp3) is 0.538. The molecule has 184 valence electrons. The fourth-order valence-corrected chi connectivity index (χ4v) is 7.17. The number of pyridine rings is 1. The van der Waals surface area contributed by atoms with Gasteiger partial charge in [0.25, 0.3) is 10.0 Å². The maximum atomic E-state index is 14.1. The summed E-state index contributed by atoms with van der Waals surface area (Å²) in [6.07, 6.45) is 6.99. The summed E-state index contributed by atoms with van der Waals surface area (Å²) in [7, 11) is -3.84. The lowest BCUT2D eigenvalue weighted by atomic mass is 9.76. The molecule has 34 heavy (non-hydrogen) atoms. The summed E-state index contributed by atoms with van der Waals surface area (Å²) in [5.41, 5.74) is 2.49. The molecule has 1 aromatic rings. The maximum absolute atomic E-state index is 14.1. The van der Waals surface area contributed by atoms with Gasteiger partial charge in [-0.2, -0.15) is 0 Å². The summed E-state index contributed by atoms with van der Waals surface area (Å²) in [5, 5.41) is 8.85. The zero-order valence-corrected chi connectivity index (χ0v) is 21.5. The minimum Gasteiger partial charge on any atom is -0.483 e. The van der Waals surface area contributed by atoms with E-state index in [1.807, 2.05) is 46.8 Å². The molecule has 0 saturated heterocycles. The van der Waals surface area contributed by atoms with Crippen molar-refractivity contribution >= 4 is 21.8 Å². The molecule has 0 radical (unpaired) electrons. The summed E-state index contributed by atoms with van der Waals surface area (Å²) in [4.78, 5) is 15.9. The van der Waals surface area contributed by atoms with Gasteiger partial charge in [0, 0.05) is 29.6 Å². The van der Waals surface area contributed by atoms with Crippen LogP contribution in [0.4, 0.5) is 5.82 Å². The van der Waals surface area contributed by atoms with E-state index >= 15 is 0 Å². The molecule has 3 aliphatic rings. The Morgan fingerprint density at radius 2 is 1.91 bits per heavy atom. The maximum Gasteiger partial charge on any atom is 0.303 e. The predicted octanol–water partition coefficient (Wildman–Crippen LogP) is 4.89. The summed E-state index contributed by atoms with van der Waals surface area (Å²) < 4.78 is 35.8. The van der Waals surface area contributed by atoms with Crippen molar-refractivity contribution in [2.45, 2.75) is 78.7 Å². The Morgan fingerprint density at radius 3 is 2.62 bits per heavy atom. The van der Waals surface area contributed by atoms with Crippen molar-refractivity contribution in [2.24, 2.45) is 5.41 Å². The molecule has 0 unspecified atom stereocenters. The molecule has 2 aliphatic heterocycles. The molecule has 0 fully saturated rings. The zero-order chi connectivity index (χ0) is 24.9. The Labute approximate surface area is 202 Å². The highest BCUT2D eigenvalue weighted by molar-refractivity contribution is 7.96. The molecule has 0 aromatic carbocycles. The number of carboxylic acids is 1. The van der Waals surface area contributed by atoms with Gasteiger partial charge >= 0.3 is 5.97 Å². The molecule has 1 aliphatic carbocycles. The number of aryl methyl sites for hydroxylation is 2. The van der Waals surface area contributed by atoms with Crippen molar-refractivity contribution in [3.05, 3.63) is 57.4 Å². The van der Waals surface area contributed by atoms with Crippen LogP contribution in [0.3, 0.4) is 0 Å². The highest BCUT2D eigenvalue weighted by Crippen LogP contribution is 2.53. The van der Waals surface area contributed by atoms with Gasteiger partial charge in [0.1, 0.15) is 17.2 Å². The lowest BCUT2D eigenvalue weighted by Crippen LogP contribution is -2.41. The number of unbranched alkanes of at least 4 members (excludes halogenated alkanes) is 1. The standard InChI is InChI=1S/C26H34N2O5S/c1-17-23-20(33-26(17,4)5)14-15-21(25(23,2)3)34(31,32)28-16-8-9-18-12-13-19(27-24(18)28)10-6-7-11-22(29)30/h12-15H,6-11,16H2,1-5H3,(H,29,30). The molecule has 1 aromatic heterocycles. The fourth-order valence-electron chi connectivity index (χ4n) is 5.19. The van der Waals surface area contributed by atoms with Crippen molar-refractivity contribution in [3.63, 3.8) is 0 Å². The van der Waals surface area contributed by atoms with Crippen molar-refractivity contribution < 1.29 is 23.1 Å². The van der Waals surface area contributed by atoms with Crippen LogP contribution in [0.1, 0.15) is 71.6 Å². The van der Waals surface area contributed by atoms with Crippen LogP contribution in [0.25, 0.3) is 0 Å². The van der Waals surface area contributed by atoms with Crippen LogP contribution in [0.15, 0.2) is 46.1 Å². The molecule has 0 bridgehead atoms. The van der Waals surface area contributed by atoms with Crippen molar-refractivity contribution in [1.29, 1.82) is 0 Å². The zero-order valence-electron chi connectivity index (χ0n) is 20.6. The van der Waals surface area contributed by atoms with E-state index in [4.69, 9.17) is 14.8 Å². The number of hydrogen-bond acceptors (Lipinski definition) is 5. The highest BCUT2D eigenvalue weighted by Gasteiger charge is 2.49. The number of carboxylic acid groups (broad SMARTS) is 1. The van der Waals surface area contributed by atoms with E-state index in [1.54, 1.807) is 12.2 Å². The summed E-state index contributed by atoms with van der Waals surface area (Å²) in [6.45, 7) is 10.3. The molecular formula is C26H34N2O5S. The number of ether oxygens (including phenoxy) is 1. The first kappa shape index (κ1) is 24.5. The molecule has 0 amide bonds. The van der Waals surface area contributed by atoms with Crippen molar-refractivity contribution in [3.8, 4) is 0 Å². The number of hydrogen-bond donors (Lipinski definition) is 1. The van der Waals surface area contributed by atoms with E-state index in [0.717, 1.165) is 41.0 Å². The quantitative estimate of drug-likeness (QED) is 0.551. The number of sulfonamides is 1. The third kappa shape index (κ3) is 4.17. The van der Waals surface area contributed by atoms with E-state index in [0.29, 0.717) is 36.5 Å². The van der Waals surface area contributed by atoms with E-state index in [1.165, 1.54) is 4.31 Å². The van der Waals surface area contributed by atoms with Gasteiger partial charge in [-0.15, -0.1) is 0 Å². The average molecular weight is 487 g/mol. The number of aliphatic carboxylic acids is 1. The molecule has 8 heteroatoms. The topological polar surface area (TPSA) is 96.8 Å². The number of nitrogens with zero attached hydrogens (tertiary/aromatic N) is 2. The van der Waals surface area contributed by atoms with Crippen molar-refractivity contribution in [1.82, 2.24) is 4.98 Å². The number of allylic oxidation sites excluding steroid dienone is 4. The number of rotatable bonds is 7. The van der Waals surface area contributed by atoms with Crippen LogP contribution >= 0.6 is 0 Å². The van der Waals surface area contributed by atoms with Gasteiger partial charge in [0.15, 0.2) is 0 Å². The third-order valence-electron chi connectivity index (χ3n) is 7.22. The Morgan fingerprint density at radius 1 is 1.18 bits per heavy atom. The number of anilines is 1. The lowest BCUT2D eigenvalue weighted by Gasteiger charge is -2.37. The van der Waals surface area contributed by atoms with Crippen LogP contribution in [0, 0.1) is 5.41 Å². The number of fused-ring (bicyclic) bond motifs is 2. The summed E-state index contributed by atoms with van der Waals surface area (Å²) in [6, 6.07) is 3.90. The minimum absolute atomic E-state index is 0.125. The first-order chi connectivity index (χ1) is 15.9. The second kappa shape index (κ2) is 8.56. The molecule has 0 saturated carbocycles. The Bertz CT molecular complexity index is 1220. The number of carbonyl (C=O) groups is 1. The first-order valence-corrected chi connectivity index (χ1v) is 13.4. The van der Waals surface area contributed by atoms with Crippen LogP contribution in [0.2, 0.25) is 0 Å². The minimum atomic E-state index is -3.84. The van der Waals surface area contributed by atoms with Gasteiger partial charge in [-0.1, -0.05) is 19.9 Å². The monoisotopic (exact) mass is 486 g/mol. The Balaban J connectivity index is 1.68. The molecule has 0 atom stereocenters. The van der Waals surface area contributed by atoms with Crippen LogP contribution in [-0.2, 0) is 32.4 Å². The van der Waals surface area contributed by atoms with Gasteiger partial charge in [-0.3, -0.25) is 4.79 Å². The molecule has 7 nitrogen and oxygen atoms in total. The molecular weight excluding hydrogens is 452 g/mol. The van der Waals surface area contributed by atoms with Gasteiger partial charge in [-0.05, 0) is 82.2 Å². The molecule has 1 N–H and O–H groups in total. The highest BCUT2D eigenvalue weighted by atomic mass is 32.2. The van der Waals surface area contributed by atoms with E-state index in [-0.39, 0.29) is 6.42 Å². The summed E-state index contributed by atoms with van der Waals surface area (Å²) in [5.74, 6) is 0.437. The van der Waals surface area contributed by atoms with Gasteiger partial charge in [0.05, 0.1) is 4.91 Å². The van der Waals surface area contributed by atoms with Gasteiger partial charge in [-0.25, -0.2) is 17.7 Å². The lowest BCUT2D eigenvalue weighted by molar-refractivity contribution is -0.137.